The number of hydrogen-bond acceptors (Lipinski definition) is 8. The molecule has 3 aromatic rings. The van der Waals surface area contributed by atoms with E-state index in [1.54, 1.807) is 36.4 Å². The fraction of sp³-hybridized carbons (Fsp3) is 0.433. The van der Waals surface area contributed by atoms with Crippen LogP contribution in [-0.4, -0.2) is 57.2 Å². The van der Waals surface area contributed by atoms with Gasteiger partial charge in [0.25, 0.3) is 5.91 Å². The van der Waals surface area contributed by atoms with Crippen LogP contribution in [0.3, 0.4) is 0 Å². The minimum Gasteiger partial charge on any atom is -0.508 e. The highest BCUT2D eigenvalue weighted by Gasteiger charge is 2.26. The number of phenols is 1. The Kier molecular flexibility index (Phi) is 10.5. The SMILES string of the molecule is COC(=O)CNC(=O)c1ccc2c(c1)nc(C(Cc1ccc(O)cc1)NC(=O)CCC(=O)NO)n2CC1CCCCC1. The molecule has 42 heavy (non-hydrogen) atoms. The molecule has 1 saturated carbocycles. The molecule has 4 rings (SSSR count). The molecule has 224 valence electrons. The van der Waals surface area contributed by atoms with E-state index in [1.165, 1.54) is 19.0 Å². The van der Waals surface area contributed by atoms with E-state index in [-0.39, 0.29) is 31.0 Å². The first-order valence-corrected chi connectivity index (χ1v) is 14.1. The van der Waals surface area contributed by atoms with Crippen LogP contribution in [0.25, 0.3) is 11.0 Å². The van der Waals surface area contributed by atoms with Crippen molar-refractivity contribution in [2.24, 2.45) is 5.92 Å². The van der Waals surface area contributed by atoms with E-state index in [0.29, 0.717) is 35.8 Å². The number of amides is 3. The minimum atomic E-state index is -0.664. The molecule has 0 radical (unpaired) electrons. The number of nitrogens with one attached hydrogen (secondary N) is 3. The standard InChI is InChI=1S/C30H37N5O7/c1-42-28(39)17-31-30(40)21-9-12-25-23(16-21)33-29(35(25)18-20-5-3-2-4-6-20)24(15-19-7-10-22(36)11-8-19)32-26(37)13-14-27(38)34-41/h7-12,16,20,24,36,41H,2-6,13-15,17-18H2,1H3,(H,31,40)(H,32,37)(H,34,38). The lowest BCUT2D eigenvalue weighted by molar-refractivity contribution is -0.139. The van der Waals surface area contributed by atoms with Gasteiger partial charge >= 0.3 is 5.97 Å². The summed E-state index contributed by atoms with van der Waals surface area (Å²) < 4.78 is 6.70. The van der Waals surface area contributed by atoms with Crippen LogP contribution < -0.4 is 16.1 Å². The van der Waals surface area contributed by atoms with Crippen molar-refractivity contribution < 1.29 is 34.2 Å². The van der Waals surface area contributed by atoms with E-state index in [4.69, 9.17) is 10.2 Å². The van der Waals surface area contributed by atoms with Crippen LogP contribution in [0.1, 0.15) is 72.7 Å². The van der Waals surface area contributed by atoms with Crippen molar-refractivity contribution in [3.05, 3.63) is 59.4 Å². The topological polar surface area (TPSA) is 172 Å². The quantitative estimate of drug-likeness (QED) is 0.124. The molecule has 0 spiro atoms. The van der Waals surface area contributed by atoms with Crippen molar-refractivity contribution in [2.75, 3.05) is 13.7 Å². The van der Waals surface area contributed by atoms with E-state index in [0.717, 1.165) is 36.8 Å². The predicted octanol–water partition coefficient (Wildman–Crippen LogP) is 2.91. The first kappa shape index (κ1) is 30.5. The maximum absolute atomic E-state index is 13.0. The summed E-state index contributed by atoms with van der Waals surface area (Å²) in [5.41, 5.74) is 4.09. The molecule has 1 atom stereocenters. The zero-order valence-electron chi connectivity index (χ0n) is 23.6. The van der Waals surface area contributed by atoms with E-state index in [2.05, 4.69) is 19.9 Å². The minimum absolute atomic E-state index is 0.122. The molecule has 1 fully saturated rings. The molecule has 1 aliphatic carbocycles. The Balaban J connectivity index is 1.71. The molecule has 0 bridgehead atoms. The highest BCUT2D eigenvalue weighted by Crippen LogP contribution is 2.31. The molecule has 2 aromatic carbocycles. The number of imidazole rings is 1. The molecular formula is C30H37N5O7. The maximum atomic E-state index is 13.0. The Morgan fingerprint density at radius 3 is 2.43 bits per heavy atom. The third-order valence-electron chi connectivity index (χ3n) is 7.55. The molecule has 0 aliphatic heterocycles. The third kappa shape index (κ3) is 8.06. The Morgan fingerprint density at radius 2 is 1.74 bits per heavy atom. The van der Waals surface area contributed by atoms with Crippen molar-refractivity contribution in [3.8, 4) is 5.75 Å². The lowest BCUT2D eigenvalue weighted by atomic mass is 9.89. The number of hydroxylamine groups is 1. The van der Waals surface area contributed by atoms with E-state index in [9.17, 15) is 24.3 Å². The van der Waals surface area contributed by atoms with E-state index >= 15 is 0 Å². The van der Waals surface area contributed by atoms with Gasteiger partial charge in [-0.3, -0.25) is 24.4 Å². The number of carbonyl (C=O) groups is 4. The van der Waals surface area contributed by atoms with Gasteiger partial charge in [-0.05, 0) is 61.1 Å². The fourth-order valence-electron chi connectivity index (χ4n) is 5.33. The Labute approximate surface area is 243 Å². The molecule has 12 heteroatoms. The monoisotopic (exact) mass is 579 g/mol. The molecule has 3 amide bonds. The van der Waals surface area contributed by atoms with Gasteiger partial charge < -0.3 is 25.0 Å². The average molecular weight is 580 g/mol. The number of hydrogen-bond donors (Lipinski definition) is 5. The molecule has 1 aromatic heterocycles. The van der Waals surface area contributed by atoms with Gasteiger partial charge in [0, 0.05) is 24.9 Å². The third-order valence-corrected chi connectivity index (χ3v) is 7.55. The summed E-state index contributed by atoms with van der Waals surface area (Å²) >= 11 is 0. The van der Waals surface area contributed by atoms with Crippen LogP contribution in [-0.2, 0) is 32.1 Å². The number of aromatic nitrogens is 2. The van der Waals surface area contributed by atoms with Crippen molar-refractivity contribution in [1.29, 1.82) is 0 Å². The van der Waals surface area contributed by atoms with Gasteiger partial charge in [-0.1, -0.05) is 31.4 Å². The van der Waals surface area contributed by atoms with Gasteiger partial charge in [-0.15, -0.1) is 0 Å². The zero-order valence-corrected chi connectivity index (χ0v) is 23.6. The van der Waals surface area contributed by atoms with Crippen molar-refractivity contribution in [2.45, 2.75) is 64.0 Å². The summed E-state index contributed by atoms with van der Waals surface area (Å²) in [5, 5.41) is 24.1. The molecule has 1 heterocycles. The molecular weight excluding hydrogens is 542 g/mol. The number of methoxy groups -OCH3 is 1. The van der Waals surface area contributed by atoms with Crippen LogP contribution in [0.2, 0.25) is 0 Å². The summed E-state index contributed by atoms with van der Waals surface area (Å²) in [6.07, 6.45) is 5.71. The number of fused-ring (bicyclic) bond motifs is 1. The number of benzene rings is 2. The van der Waals surface area contributed by atoms with Gasteiger partial charge in [-0.2, -0.15) is 0 Å². The second-order valence-electron chi connectivity index (χ2n) is 10.6. The Bertz CT molecular complexity index is 1410. The first-order chi connectivity index (χ1) is 20.3. The molecule has 1 unspecified atom stereocenters. The number of rotatable bonds is 12. The Hall–Kier alpha value is -4.45. The lowest BCUT2D eigenvalue weighted by Gasteiger charge is -2.26. The second kappa shape index (κ2) is 14.4. The van der Waals surface area contributed by atoms with Gasteiger partial charge in [0.2, 0.25) is 11.8 Å². The summed E-state index contributed by atoms with van der Waals surface area (Å²) in [7, 11) is 1.25. The number of phenolic OH excluding ortho intramolecular Hbond substituents is 1. The van der Waals surface area contributed by atoms with Crippen LogP contribution >= 0.6 is 0 Å². The maximum Gasteiger partial charge on any atom is 0.325 e. The normalized spacial score (nSPS) is 14.2. The molecule has 0 saturated heterocycles. The smallest absolute Gasteiger partial charge is 0.325 e. The fourth-order valence-corrected chi connectivity index (χ4v) is 5.33. The highest BCUT2D eigenvalue weighted by molar-refractivity contribution is 5.98. The van der Waals surface area contributed by atoms with Crippen LogP contribution in [0.5, 0.6) is 5.75 Å². The predicted molar refractivity (Wildman–Crippen MR) is 153 cm³/mol. The number of carbonyl (C=O) groups excluding carboxylic acids is 4. The van der Waals surface area contributed by atoms with Gasteiger partial charge in [-0.25, -0.2) is 10.5 Å². The second-order valence-corrected chi connectivity index (χ2v) is 10.6. The average Bonchev–Trinajstić information content (AvgIpc) is 3.36. The number of esters is 1. The van der Waals surface area contributed by atoms with Crippen molar-refractivity contribution in [3.63, 3.8) is 0 Å². The summed E-state index contributed by atoms with van der Waals surface area (Å²) in [6.45, 7) is 0.429. The number of ether oxygens (including phenoxy) is 1. The summed E-state index contributed by atoms with van der Waals surface area (Å²) in [4.78, 5) is 53.6. The van der Waals surface area contributed by atoms with Crippen LogP contribution in [0.15, 0.2) is 42.5 Å². The molecule has 12 nitrogen and oxygen atoms in total. The molecule has 1 aliphatic rings. The lowest BCUT2D eigenvalue weighted by Crippen LogP contribution is -2.33. The van der Waals surface area contributed by atoms with Gasteiger partial charge in [0.05, 0.1) is 24.2 Å². The van der Waals surface area contributed by atoms with Gasteiger partial charge in [0.15, 0.2) is 0 Å². The summed E-state index contributed by atoms with van der Waals surface area (Å²) in [5.74, 6) is -0.900. The van der Waals surface area contributed by atoms with Crippen molar-refractivity contribution in [1.82, 2.24) is 25.7 Å². The zero-order chi connectivity index (χ0) is 30.1. The van der Waals surface area contributed by atoms with E-state index < -0.39 is 23.8 Å². The van der Waals surface area contributed by atoms with Gasteiger partial charge in [0.1, 0.15) is 18.1 Å². The van der Waals surface area contributed by atoms with E-state index in [1.807, 2.05) is 6.07 Å². The largest absolute Gasteiger partial charge is 0.508 e. The van der Waals surface area contributed by atoms with Crippen LogP contribution in [0.4, 0.5) is 0 Å². The summed E-state index contributed by atoms with van der Waals surface area (Å²) in [6, 6.07) is 11.3. The first-order valence-electron chi connectivity index (χ1n) is 14.1. The van der Waals surface area contributed by atoms with Crippen molar-refractivity contribution >= 4 is 34.7 Å². The highest BCUT2D eigenvalue weighted by atomic mass is 16.5. The number of aromatic hydroxyl groups is 1. The molecule has 5 N–H and O–H groups in total. The van der Waals surface area contributed by atoms with Crippen LogP contribution in [0, 0.1) is 5.92 Å². The Morgan fingerprint density at radius 1 is 1.02 bits per heavy atom. The number of nitrogens with zero attached hydrogens (tertiary/aromatic N) is 2.